The third-order valence-electron chi connectivity index (χ3n) is 2.00. The van der Waals surface area contributed by atoms with Crippen molar-refractivity contribution in [3.05, 3.63) is 35.4 Å². The Kier molecular flexibility index (Phi) is 5.46. The van der Waals surface area contributed by atoms with E-state index < -0.39 is 0 Å². The van der Waals surface area contributed by atoms with Crippen molar-refractivity contribution in [3.63, 3.8) is 0 Å². The van der Waals surface area contributed by atoms with Crippen molar-refractivity contribution in [1.29, 1.82) is 5.26 Å². The van der Waals surface area contributed by atoms with Gasteiger partial charge in [0.25, 0.3) is 0 Å². The maximum Gasteiger partial charge on any atom is 0.0991 e. The second-order valence-electron chi connectivity index (χ2n) is 3.22. The molecule has 3 heteroatoms. The molecule has 0 fully saturated rings. The Balaban J connectivity index is 2.28. The summed E-state index contributed by atoms with van der Waals surface area (Å²) < 4.78 is 5.45. The second-order valence-corrected chi connectivity index (χ2v) is 3.22. The summed E-state index contributed by atoms with van der Waals surface area (Å²) in [5.74, 6) is 0. The van der Waals surface area contributed by atoms with Crippen molar-refractivity contribution < 1.29 is 4.74 Å². The number of nitrogens with zero attached hydrogens (tertiary/aromatic N) is 1. The molecule has 1 aromatic carbocycles. The van der Waals surface area contributed by atoms with E-state index in [1.165, 1.54) is 0 Å². The minimum absolute atomic E-state index is 0.570. The fraction of sp³-hybridized carbons (Fsp3) is 0.417. The SMILES string of the molecule is CCNCCOCc1cccc(C#N)c1. The Morgan fingerprint density at radius 2 is 2.33 bits per heavy atom. The van der Waals surface area contributed by atoms with Crippen molar-refractivity contribution in [2.45, 2.75) is 13.5 Å². The number of hydrogen-bond donors (Lipinski definition) is 1. The van der Waals surface area contributed by atoms with Crippen LogP contribution in [-0.4, -0.2) is 19.7 Å². The van der Waals surface area contributed by atoms with Gasteiger partial charge in [0.2, 0.25) is 0 Å². The van der Waals surface area contributed by atoms with E-state index in [9.17, 15) is 0 Å². The van der Waals surface area contributed by atoms with Gasteiger partial charge in [-0.1, -0.05) is 19.1 Å². The predicted molar refractivity (Wildman–Crippen MR) is 59.4 cm³/mol. The standard InChI is InChI=1S/C12H16N2O/c1-2-14-6-7-15-10-12-5-3-4-11(8-12)9-13/h3-5,8,14H,2,6-7,10H2,1H3. The fourth-order valence-corrected chi connectivity index (χ4v) is 1.24. The Morgan fingerprint density at radius 1 is 1.47 bits per heavy atom. The van der Waals surface area contributed by atoms with Crippen LogP contribution in [0.1, 0.15) is 18.1 Å². The van der Waals surface area contributed by atoms with Gasteiger partial charge in [-0.15, -0.1) is 0 Å². The first-order chi connectivity index (χ1) is 7.36. The van der Waals surface area contributed by atoms with E-state index in [0.29, 0.717) is 18.8 Å². The highest BCUT2D eigenvalue weighted by molar-refractivity contribution is 5.32. The van der Waals surface area contributed by atoms with Crippen molar-refractivity contribution in [1.82, 2.24) is 5.32 Å². The van der Waals surface area contributed by atoms with Gasteiger partial charge >= 0.3 is 0 Å². The zero-order valence-electron chi connectivity index (χ0n) is 8.99. The highest BCUT2D eigenvalue weighted by Gasteiger charge is 1.95. The molecule has 3 nitrogen and oxygen atoms in total. The van der Waals surface area contributed by atoms with Crippen LogP contribution in [0.5, 0.6) is 0 Å². The van der Waals surface area contributed by atoms with Crippen LogP contribution in [0.15, 0.2) is 24.3 Å². The molecule has 0 aliphatic heterocycles. The normalized spacial score (nSPS) is 9.87. The lowest BCUT2D eigenvalue weighted by atomic mass is 10.1. The van der Waals surface area contributed by atoms with Gasteiger partial charge in [-0.25, -0.2) is 0 Å². The molecular formula is C12H16N2O. The molecular weight excluding hydrogens is 188 g/mol. The van der Waals surface area contributed by atoms with Gasteiger partial charge < -0.3 is 10.1 Å². The van der Waals surface area contributed by atoms with E-state index in [1.54, 1.807) is 6.07 Å². The van der Waals surface area contributed by atoms with Gasteiger partial charge in [-0.3, -0.25) is 0 Å². The summed E-state index contributed by atoms with van der Waals surface area (Å²) in [5, 5.41) is 11.9. The summed E-state index contributed by atoms with van der Waals surface area (Å²) in [6.07, 6.45) is 0. The molecule has 0 aromatic heterocycles. The third kappa shape index (κ3) is 4.59. The molecule has 0 saturated carbocycles. The number of nitrogens with one attached hydrogen (secondary N) is 1. The summed E-state index contributed by atoms with van der Waals surface area (Å²) in [6, 6.07) is 9.60. The summed E-state index contributed by atoms with van der Waals surface area (Å²) in [6.45, 7) is 5.17. The number of benzene rings is 1. The summed E-state index contributed by atoms with van der Waals surface area (Å²) in [7, 11) is 0. The number of likely N-dealkylation sites (N-methyl/N-ethyl adjacent to an activating group) is 1. The first-order valence-electron chi connectivity index (χ1n) is 5.14. The van der Waals surface area contributed by atoms with Crippen LogP contribution in [0, 0.1) is 11.3 Å². The van der Waals surface area contributed by atoms with Crippen LogP contribution >= 0.6 is 0 Å². The molecule has 80 valence electrons. The van der Waals surface area contributed by atoms with Gasteiger partial charge in [0.1, 0.15) is 0 Å². The highest BCUT2D eigenvalue weighted by atomic mass is 16.5. The zero-order valence-corrected chi connectivity index (χ0v) is 8.99. The average Bonchev–Trinajstić information content (AvgIpc) is 2.29. The van der Waals surface area contributed by atoms with E-state index in [1.807, 2.05) is 18.2 Å². The molecule has 0 radical (unpaired) electrons. The van der Waals surface area contributed by atoms with Crippen LogP contribution < -0.4 is 5.32 Å². The number of hydrogen-bond acceptors (Lipinski definition) is 3. The van der Waals surface area contributed by atoms with Gasteiger partial charge in [0.15, 0.2) is 0 Å². The molecule has 0 saturated heterocycles. The first kappa shape index (κ1) is 11.7. The van der Waals surface area contributed by atoms with Gasteiger partial charge in [-0.05, 0) is 24.2 Å². The van der Waals surface area contributed by atoms with Gasteiger partial charge in [0, 0.05) is 6.54 Å². The minimum atomic E-state index is 0.570. The lowest BCUT2D eigenvalue weighted by molar-refractivity contribution is 0.123. The van der Waals surface area contributed by atoms with E-state index in [0.717, 1.165) is 18.7 Å². The Bertz CT molecular complexity index is 331. The highest BCUT2D eigenvalue weighted by Crippen LogP contribution is 2.05. The van der Waals surface area contributed by atoms with Crippen LogP contribution in [0.4, 0.5) is 0 Å². The van der Waals surface area contributed by atoms with Crippen LogP contribution in [-0.2, 0) is 11.3 Å². The minimum Gasteiger partial charge on any atom is -0.375 e. The first-order valence-corrected chi connectivity index (χ1v) is 5.14. The maximum atomic E-state index is 8.70. The van der Waals surface area contributed by atoms with Crippen molar-refractivity contribution in [2.75, 3.05) is 19.7 Å². The van der Waals surface area contributed by atoms with E-state index in [-0.39, 0.29) is 0 Å². The van der Waals surface area contributed by atoms with Crippen LogP contribution in [0.25, 0.3) is 0 Å². The molecule has 0 aliphatic carbocycles. The van der Waals surface area contributed by atoms with Gasteiger partial charge in [-0.2, -0.15) is 5.26 Å². The smallest absolute Gasteiger partial charge is 0.0991 e. The molecule has 15 heavy (non-hydrogen) atoms. The fourth-order valence-electron chi connectivity index (χ4n) is 1.24. The summed E-state index contributed by atoms with van der Waals surface area (Å²) in [5.41, 5.74) is 1.73. The number of rotatable bonds is 6. The summed E-state index contributed by atoms with van der Waals surface area (Å²) >= 11 is 0. The van der Waals surface area contributed by atoms with E-state index in [2.05, 4.69) is 18.3 Å². The van der Waals surface area contributed by atoms with Crippen LogP contribution in [0.2, 0.25) is 0 Å². The second kappa shape index (κ2) is 6.99. The quantitative estimate of drug-likeness (QED) is 0.717. The molecule has 1 rings (SSSR count). The third-order valence-corrected chi connectivity index (χ3v) is 2.00. The molecule has 0 spiro atoms. The molecule has 1 aromatic rings. The average molecular weight is 204 g/mol. The Morgan fingerprint density at radius 3 is 3.07 bits per heavy atom. The summed E-state index contributed by atoms with van der Waals surface area (Å²) in [4.78, 5) is 0. The molecule has 1 N–H and O–H groups in total. The van der Waals surface area contributed by atoms with Crippen molar-refractivity contribution in [3.8, 4) is 6.07 Å². The Hall–Kier alpha value is -1.37. The largest absolute Gasteiger partial charge is 0.375 e. The molecule has 0 amide bonds. The number of ether oxygens (including phenoxy) is 1. The van der Waals surface area contributed by atoms with Crippen molar-refractivity contribution in [2.24, 2.45) is 0 Å². The van der Waals surface area contributed by atoms with Crippen LogP contribution in [0.3, 0.4) is 0 Å². The lowest BCUT2D eigenvalue weighted by Crippen LogP contribution is -2.18. The Labute approximate surface area is 90.7 Å². The topological polar surface area (TPSA) is 45.0 Å². The van der Waals surface area contributed by atoms with E-state index >= 15 is 0 Å². The van der Waals surface area contributed by atoms with Gasteiger partial charge in [0.05, 0.1) is 24.8 Å². The molecule has 0 aliphatic rings. The predicted octanol–water partition coefficient (Wildman–Crippen LogP) is 1.68. The van der Waals surface area contributed by atoms with E-state index in [4.69, 9.17) is 10.00 Å². The zero-order chi connectivity index (χ0) is 10.9. The number of nitriles is 1. The molecule has 0 atom stereocenters. The van der Waals surface area contributed by atoms with Crippen molar-refractivity contribution >= 4 is 0 Å². The molecule has 0 heterocycles. The maximum absolute atomic E-state index is 8.70. The lowest BCUT2D eigenvalue weighted by Gasteiger charge is -2.04. The molecule has 0 bridgehead atoms. The monoisotopic (exact) mass is 204 g/mol. The molecule has 0 unspecified atom stereocenters.